The van der Waals surface area contributed by atoms with Crippen LogP contribution in [0.3, 0.4) is 0 Å². The first-order chi connectivity index (χ1) is 9.28. The van der Waals surface area contributed by atoms with Crippen molar-refractivity contribution in [1.29, 1.82) is 0 Å². The van der Waals surface area contributed by atoms with Gasteiger partial charge in [-0.15, -0.1) is 11.3 Å². The minimum absolute atomic E-state index is 0.303. The monoisotopic (exact) mass is 292 g/mol. The molecule has 0 unspecified atom stereocenters. The molecule has 0 spiro atoms. The van der Waals surface area contributed by atoms with Crippen molar-refractivity contribution in [1.82, 2.24) is 9.97 Å². The number of fused-ring (bicyclic) bond motifs is 1. The second-order valence-electron chi connectivity index (χ2n) is 3.67. The summed E-state index contributed by atoms with van der Waals surface area (Å²) in [4.78, 5) is 9.24. The largest absolute Gasteiger partial charge is 0.437 e. The molecule has 19 heavy (non-hydrogen) atoms. The number of nitrogens with two attached hydrogens (primary N) is 1. The lowest BCUT2D eigenvalue weighted by Crippen LogP contribution is -2.10. The normalized spacial score (nSPS) is 10.6. The minimum Gasteiger partial charge on any atom is -0.437 e. The van der Waals surface area contributed by atoms with Crippen LogP contribution in [0.4, 0.5) is 5.95 Å². The summed E-state index contributed by atoms with van der Waals surface area (Å²) in [6.07, 6.45) is 0. The fourth-order valence-electron chi connectivity index (χ4n) is 1.60. The van der Waals surface area contributed by atoms with Gasteiger partial charge >= 0.3 is 0 Å². The van der Waals surface area contributed by atoms with Crippen molar-refractivity contribution in [2.75, 3.05) is 5.43 Å². The van der Waals surface area contributed by atoms with Gasteiger partial charge in [0.15, 0.2) is 0 Å². The summed E-state index contributed by atoms with van der Waals surface area (Å²) in [5.41, 5.74) is 2.42. The number of hydrazine groups is 1. The molecular formula is C12H9ClN4OS. The number of thiophene rings is 1. The van der Waals surface area contributed by atoms with Crippen LogP contribution >= 0.6 is 22.9 Å². The maximum absolute atomic E-state index is 6.07. The van der Waals surface area contributed by atoms with E-state index in [9.17, 15) is 0 Å². The Labute approximate surface area is 118 Å². The van der Waals surface area contributed by atoms with Crippen molar-refractivity contribution in [3.05, 3.63) is 40.7 Å². The third-order valence-electron chi connectivity index (χ3n) is 2.46. The van der Waals surface area contributed by atoms with Crippen LogP contribution in [0.25, 0.3) is 10.2 Å². The lowest BCUT2D eigenvalue weighted by Gasteiger charge is -2.08. The van der Waals surface area contributed by atoms with Crippen molar-refractivity contribution in [2.45, 2.75) is 0 Å². The van der Waals surface area contributed by atoms with Crippen molar-refractivity contribution in [3.63, 3.8) is 0 Å². The summed E-state index contributed by atoms with van der Waals surface area (Å²) in [5.74, 6) is 6.62. The van der Waals surface area contributed by atoms with Gasteiger partial charge in [0.05, 0.1) is 10.4 Å². The van der Waals surface area contributed by atoms with Gasteiger partial charge in [0.25, 0.3) is 0 Å². The third kappa shape index (κ3) is 2.33. The molecule has 0 atom stereocenters. The van der Waals surface area contributed by atoms with Gasteiger partial charge in [-0.2, -0.15) is 4.98 Å². The van der Waals surface area contributed by atoms with Crippen LogP contribution in [-0.4, -0.2) is 9.97 Å². The maximum atomic E-state index is 6.07. The van der Waals surface area contributed by atoms with Gasteiger partial charge < -0.3 is 4.74 Å². The quantitative estimate of drug-likeness (QED) is 0.571. The number of ether oxygens (including phenoxy) is 1. The molecular weight excluding hydrogens is 284 g/mol. The number of nitrogens with zero attached hydrogens (tertiary/aromatic N) is 2. The van der Waals surface area contributed by atoms with Crippen molar-refractivity contribution >= 4 is 39.1 Å². The first-order valence-electron chi connectivity index (χ1n) is 5.42. The second-order valence-corrected chi connectivity index (χ2v) is 4.97. The molecule has 0 radical (unpaired) electrons. The summed E-state index contributed by atoms with van der Waals surface area (Å²) < 4.78 is 5.75. The molecule has 5 nitrogen and oxygen atoms in total. The molecule has 0 bridgehead atoms. The number of hydrogen-bond acceptors (Lipinski definition) is 6. The van der Waals surface area contributed by atoms with Crippen molar-refractivity contribution < 1.29 is 4.74 Å². The topological polar surface area (TPSA) is 73.1 Å². The number of aromatic nitrogens is 2. The molecule has 0 amide bonds. The highest BCUT2D eigenvalue weighted by Crippen LogP contribution is 2.34. The Hall–Kier alpha value is -1.89. The lowest BCUT2D eigenvalue weighted by atomic mass is 10.3. The average molecular weight is 293 g/mol. The minimum atomic E-state index is 0.303. The van der Waals surface area contributed by atoms with E-state index in [-0.39, 0.29) is 0 Å². The number of rotatable bonds is 3. The number of halogens is 1. The van der Waals surface area contributed by atoms with Gasteiger partial charge in [0, 0.05) is 0 Å². The number of benzene rings is 1. The van der Waals surface area contributed by atoms with Crippen molar-refractivity contribution in [3.8, 4) is 11.6 Å². The zero-order valence-electron chi connectivity index (χ0n) is 9.63. The molecule has 0 aliphatic heterocycles. The molecule has 1 aromatic carbocycles. The molecule has 2 aromatic heterocycles. The van der Waals surface area contributed by atoms with E-state index in [4.69, 9.17) is 22.2 Å². The van der Waals surface area contributed by atoms with Crippen LogP contribution in [-0.2, 0) is 0 Å². The predicted octanol–water partition coefficient (Wildman–Crippen LogP) is 3.42. The SMILES string of the molecule is NNc1nc(Oc2ccccc2Cl)c2ccsc2n1. The molecule has 3 aromatic rings. The summed E-state index contributed by atoms with van der Waals surface area (Å²) in [6.45, 7) is 0. The van der Waals surface area contributed by atoms with Crippen LogP contribution in [0.1, 0.15) is 0 Å². The van der Waals surface area contributed by atoms with Gasteiger partial charge in [-0.25, -0.2) is 10.8 Å². The molecule has 0 aliphatic carbocycles. The van der Waals surface area contributed by atoms with Crippen LogP contribution < -0.4 is 16.0 Å². The van der Waals surface area contributed by atoms with Gasteiger partial charge in [-0.05, 0) is 23.6 Å². The second kappa shape index (κ2) is 5.00. The Morgan fingerprint density at radius 1 is 1.21 bits per heavy atom. The van der Waals surface area contributed by atoms with E-state index < -0.39 is 0 Å². The molecule has 3 rings (SSSR count). The van der Waals surface area contributed by atoms with Crippen LogP contribution in [0.5, 0.6) is 11.6 Å². The fourth-order valence-corrected chi connectivity index (χ4v) is 2.53. The summed E-state index contributed by atoms with van der Waals surface area (Å²) in [7, 11) is 0. The lowest BCUT2D eigenvalue weighted by molar-refractivity contribution is 0.469. The van der Waals surface area contributed by atoms with E-state index in [1.165, 1.54) is 11.3 Å². The zero-order chi connectivity index (χ0) is 13.2. The average Bonchev–Trinajstić information content (AvgIpc) is 2.89. The Bertz CT molecular complexity index is 731. The number of nitrogen functional groups attached to an aromatic ring is 1. The van der Waals surface area contributed by atoms with Crippen LogP contribution in [0, 0.1) is 0 Å². The molecule has 96 valence electrons. The number of para-hydroxylation sites is 1. The molecule has 0 aliphatic rings. The molecule has 7 heteroatoms. The standard InChI is InChI=1S/C12H9ClN4OS/c13-8-3-1-2-4-9(8)18-10-7-5-6-19-11(7)16-12(15-10)17-14/h1-6H,14H2,(H,15,16,17). The highest BCUT2D eigenvalue weighted by atomic mass is 35.5. The highest BCUT2D eigenvalue weighted by molar-refractivity contribution is 7.16. The van der Waals surface area contributed by atoms with E-state index in [2.05, 4.69) is 15.4 Å². The zero-order valence-corrected chi connectivity index (χ0v) is 11.2. The van der Waals surface area contributed by atoms with E-state index in [0.717, 1.165) is 10.2 Å². The van der Waals surface area contributed by atoms with Crippen LogP contribution in [0.15, 0.2) is 35.7 Å². The highest BCUT2D eigenvalue weighted by Gasteiger charge is 2.11. The fraction of sp³-hybridized carbons (Fsp3) is 0. The smallest absolute Gasteiger partial charge is 0.241 e. The summed E-state index contributed by atoms with van der Waals surface area (Å²) in [6, 6.07) is 9.10. The van der Waals surface area contributed by atoms with E-state index in [1.807, 2.05) is 23.6 Å². The Balaban J connectivity index is 2.09. The third-order valence-corrected chi connectivity index (χ3v) is 3.58. The molecule has 2 heterocycles. The molecule has 0 fully saturated rings. The van der Waals surface area contributed by atoms with E-state index >= 15 is 0 Å². The van der Waals surface area contributed by atoms with Crippen LogP contribution in [0.2, 0.25) is 5.02 Å². The first-order valence-corrected chi connectivity index (χ1v) is 6.68. The molecule has 3 N–H and O–H groups in total. The Morgan fingerprint density at radius 2 is 2.05 bits per heavy atom. The Kier molecular flexibility index (Phi) is 3.20. The summed E-state index contributed by atoms with van der Waals surface area (Å²) in [5, 5.41) is 3.26. The van der Waals surface area contributed by atoms with Gasteiger partial charge in [0.1, 0.15) is 10.6 Å². The van der Waals surface area contributed by atoms with E-state index in [0.29, 0.717) is 22.6 Å². The van der Waals surface area contributed by atoms with E-state index in [1.54, 1.807) is 12.1 Å². The predicted molar refractivity (Wildman–Crippen MR) is 76.8 cm³/mol. The number of hydrogen-bond donors (Lipinski definition) is 2. The number of anilines is 1. The summed E-state index contributed by atoms with van der Waals surface area (Å²) >= 11 is 7.55. The van der Waals surface area contributed by atoms with Gasteiger partial charge in [-0.1, -0.05) is 23.7 Å². The van der Waals surface area contributed by atoms with Gasteiger partial charge in [0.2, 0.25) is 11.8 Å². The first kappa shape index (κ1) is 12.2. The maximum Gasteiger partial charge on any atom is 0.241 e. The molecule has 0 saturated heterocycles. The van der Waals surface area contributed by atoms with Crippen molar-refractivity contribution in [2.24, 2.45) is 5.84 Å². The molecule has 0 saturated carbocycles. The van der Waals surface area contributed by atoms with Gasteiger partial charge in [-0.3, -0.25) is 5.43 Å². The Morgan fingerprint density at radius 3 is 2.84 bits per heavy atom. The number of nitrogens with one attached hydrogen (secondary N) is 1.